The lowest BCUT2D eigenvalue weighted by Gasteiger charge is -2.12. The molecule has 134 valence electrons. The maximum atomic E-state index is 12.7. The smallest absolute Gasteiger partial charge is 0.416 e. The molecule has 0 heterocycles. The van der Waals surface area contributed by atoms with Crippen molar-refractivity contribution in [1.29, 1.82) is 0 Å². The molecule has 0 fully saturated rings. The normalized spacial score (nSPS) is 11.0. The van der Waals surface area contributed by atoms with Crippen LogP contribution in [0.15, 0.2) is 48.5 Å². The van der Waals surface area contributed by atoms with Gasteiger partial charge in [-0.1, -0.05) is 18.2 Å². The van der Waals surface area contributed by atoms with Gasteiger partial charge in [0.25, 0.3) is 0 Å². The van der Waals surface area contributed by atoms with Crippen molar-refractivity contribution < 1.29 is 22.7 Å². The molecule has 0 spiro atoms. The second kappa shape index (κ2) is 8.41. The van der Waals surface area contributed by atoms with Crippen molar-refractivity contribution in [2.45, 2.75) is 19.5 Å². The highest BCUT2D eigenvalue weighted by atomic mass is 19.4. The Hall–Kier alpha value is -2.70. The van der Waals surface area contributed by atoms with E-state index in [2.05, 4.69) is 10.6 Å². The highest BCUT2D eigenvalue weighted by Crippen LogP contribution is 2.30. The van der Waals surface area contributed by atoms with Crippen LogP contribution in [0.25, 0.3) is 0 Å². The third kappa shape index (κ3) is 5.70. The van der Waals surface area contributed by atoms with Crippen LogP contribution in [0.2, 0.25) is 0 Å². The molecule has 0 saturated carbocycles. The van der Waals surface area contributed by atoms with E-state index in [1.165, 1.54) is 12.1 Å². The van der Waals surface area contributed by atoms with E-state index in [1.54, 1.807) is 24.3 Å². The summed E-state index contributed by atoms with van der Waals surface area (Å²) in [6.45, 7) is 2.53. The lowest BCUT2D eigenvalue weighted by molar-refractivity contribution is -0.137. The number of carbonyl (C=O) groups is 1. The lowest BCUT2D eigenvalue weighted by Crippen LogP contribution is -2.17. The second-order valence-corrected chi connectivity index (χ2v) is 5.23. The van der Waals surface area contributed by atoms with Crippen LogP contribution in [0.4, 0.5) is 24.5 Å². The van der Waals surface area contributed by atoms with Crippen LogP contribution in [0, 0.1) is 0 Å². The predicted octanol–water partition coefficient (Wildman–Crippen LogP) is 4.54. The van der Waals surface area contributed by atoms with Crippen molar-refractivity contribution in [2.75, 3.05) is 23.8 Å². The van der Waals surface area contributed by atoms with Gasteiger partial charge in [0.15, 0.2) is 0 Å². The number of halogens is 3. The number of alkyl halides is 3. The van der Waals surface area contributed by atoms with E-state index in [0.717, 1.165) is 12.1 Å². The molecule has 25 heavy (non-hydrogen) atoms. The number of benzene rings is 2. The third-order valence-electron chi connectivity index (χ3n) is 3.33. The van der Waals surface area contributed by atoms with Gasteiger partial charge in [-0.2, -0.15) is 13.2 Å². The van der Waals surface area contributed by atoms with E-state index in [1.807, 2.05) is 6.92 Å². The summed E-state index contributed by atoms with van der Waals surface area (Å²) in [5.41, 5.74) is 0.151. The average Bonchev–Trinajstić information content (AvgIpc) is 2.56. The average molecular weight is 352 g/mol. The van der Waals surface area contributed by atoms with Gasteiger partial charge in [0.2, 0.25) is 5.91 Å². The standard InChI is InChI=1S/C18H19F3N2O2/c1-2-25-16-9-4-3-8-15(16)23-17(24)10-11-22-14-7-5-6-13(12-14)18(19,20)21/h3-9,12,22H,2,10-11H2,1H3,(H,23,24). The summed E-state index contributed by atoms with van der Waals surface area (Å²) in [6, 6.07) is 11.9. The van der Waals surface area contributed by atoms with Crippen LogP contribution in [-0.4, -0.2) is 19.1 Å². The molecule has 4 nitrogen and oxygen atoms in total. The van der Waals surface area contributed by atoms with Gasteiger partial charge < -0.3 is 15.4 Å². The molecule has 2 aromatic rings. The summed E-state index contributed by atoms with van der Waals surface area (Å²) in [5.74, 6) is 0.316. The summed E-state index contributed by atoms with van der Waals surface area (Å²) in [5, 5.41) is 5.55. The Kier molecular flexibility index (Phi) is 6.27. The van der Waals surface area contributed by atoms with Crippen LogP contribution in [0.1, 0.15) is 18.9 Å². The fourth-order valence-electron chi connectivity index (χ4n) is 2.19. The van der Waals surface area contributed by atoms with Gasteiger partial charge in [-0.25, -0.2) is 0 Å². The molecule has 0 radical (unpaired) electrons. The lowest BCUT2D eigenvalue weighted by atomic mass is 10.2. The number of anilines is 2. The summed E-state index contributed by atoms with van der Waals surface area (Å²) < 4.78 is 43.4. The largest absolute Gasteiger partial charge is 0.492 e. The summed E-state index contributed by atoms with van der Waals surface area (Å²) in [6.07, 6.45) is -4.28. The zero-order valence-corrected chi connectivity index (χ0v) is 13.7. The number of hydrogen-bond donors (Lipinski definition) is 2. The van der Waals surface area contributed by atoms with Gasteiger partial charge in [0, 0.05) is 18.7 Å². The molecule has 7 heteroatoms. The van der Waals surface area contributed by atoms with E-state index < -0.39 is 11.7 Å². The fourth-order valence-corrected chi connectivity index (χ4v) is 2.19. The van der Waals surface area contributed by atoms with Crippen molar-refractivity contribution in [3.63, 3.8) is 0 Å². The van der Waals surface area contributed by atoms with E-state index in [0.29, 0.717) is 23.7 Å². The number of ether oxygens (including phenoxy) is 1. The zero-order valence-electron chi connectivity index (χ0n) is 13.7. The molecular weight excluding hydrogens is 333 g/mol. The monoisotopic (exact) mass is 352 g/mol. The van der Waals surface area contributed by atoms with Crippen LogP contribution in [0.5, 0.6) is 5.75 Å². The second-order valence-electron chi connectivity index (χ2n) is 5.23. The highest BCUT2D eigenvalue weighted by molar-refractivity contribution is 5.92. The molecule has 1 amide bonds. The first-order valence-electron chi connectivity index (χ1n) is 7.83. The Bertz CT molecular complexity index is 717. The fraction of sp³-hybridized carbons (Fsp3) is 0.278. The summed E-state index contributed by atoms with van der Waals surface area (Å²) in [4.78, 5) is 12.0. The molecule has 0 saturated heterocycles. The molecular formula is C18H19F3N2O2. The molecule has 0 aliphatic heterocycles. The third-order valence-corrected chi connectivity index (χ3v) is 3.33. The number of rotatable bonds is 7. The Morgan fingerprint density at radius 1 is 1.12 bits per heavy atom. The summed E-state index contributed by atoms with van der Waals surface area (Å²) in [7, 11) is 0. The van der Waals surface area contributed by atoms with Crippen molar-refractivity contribution >= 4 is 17.3 Å². The van der Waals surface area contributed by atoms with E-state index in [-0.39, 0.29) is 18.9 Å². The van der Waals surface area contributed by atoms with Crippen molar-refractivity contribution in [3.05, 3.63) is 54.1 Å². The maximum absolute atomic E-state index is 12.7. The first-order chi connectivity index (χ1) is 11.9. The highest BCUT2D eigenvalue weighted by Gasteiger charge is 2.30. The molecule has 0 aliphatic carbocycles. The Morgan fingerprint density at radius 2 is 1.88 bits per heavy atom. The quantitative estimate of drug-likeness (QED) is 0.769. The zero-order chi connectivity index (χ0) is 18.3. The van der Waals surface area contributed by atoms with Crippen LogP contribution in [0.3, 0.4) is 0 Å². The molecule has 0 unspecified atom stereocenters. The predicted molar refractivity (Wildman–Crippen MR) is 90.8 cm³/mol. The minimum Gasteiger partial charge on any atom is -0.492 e. The van der Waals surface area contributed by atoms with Gasteiger partial charge in [0.05, 0.1) is 17.9 Å². The number of nitrogens with one attached hydrogen (secondary N) is 2. The van der Waals surface area contributed by atoms with E-state index in [4.69, 9.17) is 4.74 Å². The van der Waals surface area contributed by atoms with Crippen molar-refractivity contribution in [3.8, 4) is 5.75 Å². The van der Waals surface area contributed by atoms with E-state index >= 15 is 0 Å². The number of amides is 1. The van der Waals surface area contributed by atoms with Crippen LogP contribution < -0.4 is 15.4 Å². The van der Waals surface area contributed by atoms with Gasteiger partial charge in [-0.05, 0) is 37.3 Å². The maximum Gasteiger partial charge on any atom is 0.416 e. The number of hydrogen-bond acceptors (Lipinski definition) is 3. The van der Waals surface area contributed by atoms with Gasteiger partial charge in [0.1, 0.15) is 5.75 Å². The Morgan fingerprint density at radius 3 is 2.60 bits per heavy atom. The van der Waals surface area contributed by atoms with Crippen molar-refractivity contribution in [1.82, 2.24) is 0 Å². The Labute approximate surface area is 144 Å². The van der Waals surface area contributed by atoms with Crippen molar-refractivity contribution in [2.24, 2.45) is 0 Å². The van der Waals surface area contributed by atoms with Gasteiger partial charge in [-0.15, -0.1) is 0 Å². The SMILES string of the molecule is CCOc1ccccc1NC(=O)CCNc1cccc(C(F)(F)F)c1. The van der Waals surface area contributed by atoms with Crippen LogP contribution >= 0.6 is 0 Å². The van der Waals surface area contributed by atoms with Crippen LogP contribution in [-0.2, 0) is 11.0 Å². The van der Waals surface area contributed by atoms with Gasteiger partial charge >= 0.3 is 6.18 Å². The minimum absolute atomic E-state index is 0.108. The minimum atomic E-state index is -4.39. The number of carbonyl (C=O) groups excluding carboxylic acids is 1. The molecule has 2 N–H and O–H groups in total. The molecule has 2 rings (SSSR count). The molecule has 0 atom stereocenters. The first-order valence-corrected chi connectivity index (χ1v) is 7.83. The molecule has 0 bridgehead atoms. The first kappa shape index (κ1) is 18.6. The molecule has 0 aromatic heterocycles. The topological polar surface area (TPSA) is 50.4 Å². The number of para-hydroxylation sites is 2. The Balaban J connectivity index is 1.87. The molecule has 0 aliphatic rings. The van der Waals surface area contributed by atoms with E-state index in [9.17, 15) is 18.0 Å². The summed E-state index contributed by atoms with van der Waals surface area (Å²) >= 11 is 0. The molecule has 2 aromatic carbocycles. The van der Waals surface area contributed by atoms with Gasteiger partial charge in [-0.3, -0.25) is 4.79 Å².